The van der Waals surface area contributed by atoms with Crippen LogP contribution in [0.3, 0.4) is 0 Å². The molecule has 198 valence electrons. The van der Waals surface area contributed by atoms with Crippen LogP contribution in [0.15, 0.2) is 11.6 Å². The highest BCUT2D eigenvalue weighted by molar-refractivity contribution is 5.77. The summed E-state index contributed by atoms with van der Waals surface area (Å²) in [4.78, 5) is 12.8. The van der Waals surface area contributed by atoms with Gasteiger partial charge in [0.25, 0.3) is 0 Å². The summed E-state index contributed by atoms with van der Waals surface area (Å²) in [6, 6.07) is 0. The zero-order chi connectivity index (χ0) is 25.8. The second-order valence-electron chi connectivity index (χ2n) is 15.0. The van der Waals surface area contributed by atoms with Crippen molar-refractivity contribution in [3.05, 3.63) is 11.6 Å². The fourth-order valence-corrected chi connectivity index (χ4v) is 10.8. The van der Waals surface area contributed by atoms with Crippen LogP contribution in [0.1, 0.15) is 99.3 Å². The largest absolute Gasteiger partial charge is 0.481 e. The first kappa shape index (κ1) is 25.7. The van der Waals surface area contributed by atoms with Crippen LogP contribution in [-0.4, -0.2) is 45.2 Å². The molecule has 0 aliphatic heterocycles. The monoisotopic (exact) mass is 488 g/mol. The number of carboxylic acid groups (broad SMARTS) is 1. The number of allylic oxidation sites excluding steroid dienone is 2. The molecule has 1 unspecified atom stereocenters. The molecule has 0 amide bonds. The minimum absolute atomic E-state index is 0.00707. The molecule has 0 heterocycles. The lowest BCUT2D eigenvalue weighted by Crippen LogP contribution is -2.68. The first-order valence-corrected chi connectivity index (χ1v) is 14.0. The molecule has 5 aliphatic rings. The lowest BCUT2D eigenvalue weighted by molar-refractivity contribution is -0.226. The van der Waals surface area contributed by atoms with E-state index in [9.17, 15) is 25.2 Å². The van der Waals surface area contributed by atoms with Crippen molar-refractivity contribution in [3.8, 4) is 0 Å². The van der Waals surface area contributed by atoms with Crippen LogP contribution in [0, 0.1) is 50.2 Å². The van der Waals surface area contributed by atoms with Gasteiger partial charge in [0.1, 0.15) is 5.41 Å². The summed E-state index contributed by atoms with van der Waals surface area (Å²) in [5, 5.41) is 43.5. The lowest BCUT2D eigenvalue weighted by Gasteiger charge is -2.71. The smallest absolute Gasteiger partial charge is 0.312 e. The van der Waals surface area contributed by atoms with E-state index in [4.69, 9.17) is 0 Å². The molecule has 4 fully saturated rings. The highest BCUT2D eigenvalue weighted by Gasteiger charge is 2.71. The van der Waals surface area contributed by atoms with Crippen molar-refractivity contribution >= 4 is 5.97 Å². The molecule has 4 N–H and O–H groups in total. The number of hydrogen-bond donors (Lipinski definition) is 4. The van der Waals surface area contributed by atoms with E-state index in [1.54, 1.807) is 0 Å². The van der Waals surface area contributed by atoms with Gasteiger partial charge in [0, 0.05) is 5.41 Å². The Labute approximate surface area is 211 Å². The van der Waals surface area contributed by atoms with E-state index < -0.39 is 29.0 Å². The van der Waals surface area contributed by atoms with E-state index >= 15 is 0 Å². The Morgan fingerprint density at radius 2 is 1.60 bits per heavy atom. The Morgan fingerprint density at radius 3 is 2.23 bits per heavy atom. The SMILES string of the molecule is CC1(C)CC[C@]2(C(=O)O)[C@H](O)C[C@]3(C)C(=CC[C@@H]4[C@@]5(C)CC[C@H](O)[C@@](C)(CO)C5CC[C@]43C)[C@@H]2C1. The predicted octanol–water partition coefficient (Wildman–Crippen LogP) is 5.18. The van der Waals surface area contributed by atoms with Crippen molar-refractivity contribution in [2.24, 2.45) is 50.2 Å². The quantitative estimate of drug-likeness (QED) is 0.402. The topological polar surface area (TPSA) is 98.0 Å². The van der Waals surface area contributed by atoms with Gasteiger partial charge in [0.15, 0.2) is 0 Å². The number of carbonyl (C=O) groups is 1. The third kappa shape index (κ3) is 3.01. The third-order valence-electron chi connectivity index (χ3n) is 13.2. The average Bonchev–Trinajstić information content (AvgIpc) is 2.76. The number of fused-ring (bicyclic) bond motifs is 7. The number of aliphatic hydroxyl groups excluding tert-OH is 3. The molecule has 0 aromatic heterocycles. The fraction of sp³-hybridized carbons (Fsp3) is 0.900. The molecule has 35 heavy (non-hydrogen) atoms. The number of hydrogen-bond acceptors (Lipinski definition) is 4. The summed E-state index contributed by atoms with van der Waals surface area (Å²) in [5.74, 6) is -0.323. The molecule has 5 rings (SSSR count). The van der Waals surface area contributed by atoms with Crippen LogP contribution in [-0.2, 0) is 4.79 Å². The molecule has 0 radical (unpaired) electrons. The normalized spacial score (nSPS) is 55.0. The Hall–Kier alpha value is -0.910. The molecule has 5 nitrogen and oxygen atoms in total. The second-order valence-corrected chi connectivity index (χ2v) is 15.0. The van der Waals surface area contributed by atoms with Gasteiger partial charge in [0.05, 0.1) is 18.8 Å². The summed E-state index contributed by atoms with van der Waals surface area (Å²) in [6.45, 7) is 13.7. The molecule has 0 aromatic rings. The molecule has 4 saturated carbocycles. The van der Waals surface area contributed by atoms with Gasteiger partial charge in [-0.2, -0.15) is 0 Å². The molecular formula is C30H48O5. The minimum Gasteiger partial charge on any atom is -0.481 e. The minimum atomic E-state index is -1.07. The zero-order valence-electron chi connectivity index (χ0n) is 22.7. The van der Waals surface area contributed by atoms with Gasteiger partial charge in [-0.15, -0.1) is 0 Å². The molecule has 10 atom stereocenters. The van der Waals surface area contributed by atoms with Crippen molar-refractivity contribution in [2.75, 3.05) is 6.61 Å². The summed E-state index contributed by atoms with van der Waals surface area (Å²) >= 11 is 0. The summed E-state index contributed by atoms with van der Waals surface area (Å²) in [6.07, 6.45) is 8.30. The summed E-state index contributed by atoms with van der Waals surface area (Å²) in [7, 11) is 0. The van der Waals surface area contributed by atoms with E-state index in [0.29, 0.717) is 25.2 Å². The molecule has 5 aliphatic carbocycles. The van der Waals surface area contributed by atoms with Gasteiger partial charge < -0.3 is 20.4 Å². The molecule has 0 bridgehead atoms. The Balaban J connectivity index is 1.63. The van der Waals surface area contributed by atoms with Crippen LogP contribution in [0.2, 0.25) is 0 Å². The molecule has 0 saturated heterocycles. The number of aliphatic hydroxyl groups is 3. The predicted molar refractivity (Wildman–Crippen MR) is 135 cm³/mol. The maximum absolute atomic E-state index is 12.8. The third-order valence-corrected chi connectivity index (χ3v) is 13.2. The van der Waals surface area contributed by atoms with Gasteiger partial charge in [-0.25, -0.2) is 0 Å². The Morgan fingerprint density at radius 1 is 0.914 bits per heavy atom. The average molecular weight is 489 g/mol. The van der Waals surface area contributed by atoms with Crippen LogP contribution in [0.4, 0.5) is 0 Å². The maximum Gasteiger partial charge on any atom is 0.312 e. The van der Waals surface area contributed by atoms with E-state index in [0.717, 1.165) is 38.5 Å². The first-order chi connectivity index (χ1) is 16.1. The van der Waals surface area contributed by atoms with Gasteiger partial charge >= 0.3 is 5.97 Å². The number of aliphatic carboxylic acids is 1. The second kappa shape index (κ2) is 7.57. The van der Waals surface area contributed by atoms with Crippen LogP contribution in [0.5, 0.6) is 0 Å². The lowest BCUT2D eigenvalue weighted by atomic mass is 9.33. The molecule has 5 heteroatoms. The fourth-order valence-electron chi connectivity index (χ4n) is 10.8. The van der Waals surface area contributed by atoms with Gasteiger partial charge in [0.2, 0.25) is 0 Å². The van der Waals surface area contributed by atoms with Gasteiger partial charge in [-0.1, -0.05) is 53.2 Å². The van der Waals surface area contributed by atoms with Crippen molar-refractivity contribution in [2.45, 2.75) is 112 Å². The van der Waals surface area contributed by atoms with E-state index in [1.807, 2.05) is 0 Å². The Kier molecular flexibility index (Phi) is 5.56. The molecular weight excluding hydrogens is 440 g/mol. The first-order valence-electron chi connectivity index (χ1n) is 14.0. The summed E-state index contributed by atoms with van der Waals surface area (Å²) < 4.78 is 0. The van der Waals surface area contributed by atoms with E-state index in [2.05, 4.69) is 47.6 Å². The van der Waals surface area contributed by atoms with Crippen LogP contribution >= 0.6 is 0 Å². The van der Waals surface area contributed by atoms with E-state index in [1.165, 1.54) is 5.57 Å². The molecule has 0 spiro atoms. The maximum atomic E-state index is 12.8. The van der Waals surface area contributed by atoms with Crippen molar-refractivity contribution in [1.82, 2.24) is 0 Å². The molecule has 0 aromatic carbocycles. The van der Waals surface area contributed by atoms with Crippen LogP contribution in [0.25, 0.3) is 0 Å². The summed E-state index contributed by atoms with van der Waals surface area (Å²) in [5.41, 5.74) is -0.522. The Bertz CT molecular complexity index is 941. The number of rotatable bonds is 2. The standard InChI is InChI=1S/C30H48O5/c1-25(2)13-14-30(24(34)35)19(15-25)18-7-8-21-26(3)11-10-22(32)27(4,17-31)20(26)9-12-28(21,5)29(18,6)16-23(30)33/h7,19-23,31-33H,8-17H2,1-6H3,(H,34,35)/t19-,20?,21+,22-,23+,26-,27-,28+,29+,30+/m0/s1. The van der Waals surface area contributed by atoms with Crippen molar-refractivity contribution < 1.29 is 25.2 Å². The van der Waals surface area contributed by atoms with Crippen LogP contribution < -0.4 is 0 Å². The number of carboxylic acids is 1. The van der Waals surface area contributed by atoms with Gasteiger partial charge in [-0.3, -0.25) is 4.79 Å². The highest BCUT2D eigenvalue weighted by atomic mass is 16.4. The van der Waals surface area contributed by atoms with Gasteiger partial charge in [-0.05, 0) is 97.2 Å². The van der Waals surface area contributed by atoms with Crippen molar-refractivity contribution in [3.63, 3.8) is 0 Å². The highest BCUT2D eigenvalue weighted by Crippen LogP contribution is 2.75. The van der Waals surface area contributed by atoms with E-state index in [-0.39, 0.29) is 40.1 Å². The zero-order valence-corrected chi connectivity index (χ0v) is 22.7. The van der Waals surface area contributed by atoms with Crippen molar-refractivity contribution in [1.29, 1.82) is 0 Å².